The maximum Gasteiger partial charge on any atom is 0.0135 e. The molecule has 0 aliphatic heterocycles. The van der Waals surface area contributed by atoms with Gasteiger partial charge < -0.3 is 0 Å². The highest BCUT2D eigenvalue weighted by molar-refractivity contribution is 5.82. The molecule has 0 spiro atoms. The largest absolute Gasteiger partial charge is 0.103 e. The summed E-state index contributed by atoms with van der Waals surface area (Å²) in [5.41, 5.74) is 7.69. The molecule has 1 unspecified atom stereocenters. The van der Waals surface area contributed by atoms with Crippen molar-refractivity contribution in [3.63, 3.8) is 0 Å². The third-order valence-electron chi connectivity index (χ3n) is 4.63. The Labute approximate surface area is 128 Å². The van der Waals surface area contributed by atoms with Crippen LogP contribution in [0.3, 0.4) is 0 Å². The SMILES string of the molecule is C=CCC1C(C2=CC=CC2)=C(CCCC)c2ccccc21. The zero-order valence-electron chi connectivity index (χ0n) is 12.9. The van der Waals surface area contributed by atoms with E-state index in [4.69, 9.17) is 0 Å². The highest BCUT2D eigenvalue weighted by Gasteiger charge is 2.31. The summed E-state index contributed by atoms with van der Waals surface area (Å²) in [5.74, 6) is 0.511. The summed E-state index contributed by atoms with van der Waals surface area (Å²) in [4.78, 5) is 0. The standard InChI is InChI=1S/C21H24/c1-3-5-13-20-18-15-9-8-14-17(18)19(10-4-2)21(20)16-11-6-7-12-16/h4,6-9,11,14-15,19H,2-3,5,10,12-13H2,1H3. The van der Waals surface area contributed by atoms with Crippen LogP contribution in [0.2, 0.25) is 0 Å². The summed E-state index contributed by atoms with van der Waals surface area (Å²) < 4.78 is 0. The fourth-order valence-electron chi connectivity index (χ4n) is 3.69. The van der Waals surface area contributed by atoms with E-state index in [0.717, 1.165) is 12.8 Å². The van der Waals surface area contributed by atoms with Crippen molar-refractivity contribution in [3.05, 3.63) is 77.4 Å². The van der Waals surface area contributed by atoms with Gasteiger partial charge >= 0.3 is 0 Å². The van der Waals surface area contributed by atoms with Gasteiger partial charge in [0.15, 0.2) is 0 Å². The second-order valence-electron chi connectivity index (χ2n) is 5.98. The second-order valence-corrected chi connectivity index (χ2v) is 5.98. The Morgan fingerprint density at radius 3 is 2.86 bits per heavy atom. The van der Waals surface area contributed by atoms with Gasteiger partial charge in [0, 0.05) is 5.92 Å². The van der Waals surface area contributed by atoms with Gasteiger partial charge in [0.1, 0.15) is 0 Å². The third kappa shape index (κ3) is 2.55. The molecule has 2 aliphatic carbocycles. The number of allylic oxidation sites excluding steroid dienone is 7. The minimum absolute atomic E-state index is 0.511. The minimum atomic E-state index is 0.511. The van der Waals surface area contributed by atoms with Crippen molar-refractivity contribution in [2.24, 2.45) is 0 Å². The first-order valence-corrected chi connectivity index (χ1v) is 8.16. The van der Waals surface area contributed by atoms with Crippen molar-refractivity contribution < 1.29 is 0 Å². The molecule has 0 fully saturated rings. The Balaban J connectivity index is 2.09. The molecule has 2 aliphatic rings. The fourth-order valence-corrected chi connectivity index (χ4v) is 3.69. The molecule has 0 saturated carbocycles. The van der Waals surface area contributed by atoms with Crippen molar-refractivity contribution in [2.45, 2.75) is 44.9 Å². The molecule has 0 N–H and O–H groups in total. The molecule has 108 valence electrons. The minimum Gasteiger partial charge on any atom is -0.103 e. The van der Waals surface area contributed by atoms with Gasteiger partial charge in [-0.2, -0.15) is 0 Å². The van der Waals surface area contributed by atoms with Crippen LogP contribution < -0.4 is 0 Å². The van der Waals surface area contributed by atoms with Gasteiger partial charge in [-0.1, -0.05) is 61.9 Å². The van der Waals surface area contributed by atoms with Crippen LogP contribution in [-0.4, -0.2) is 0 Å². The van der Waals surface area contributed by atoms with E-state index in [1.165, 1.54) is 36.0 Å². The maximum atomic E-state index is 3.99. The quantitative estimate of drug-likeness (QED) is 0.543. The van der Waals surface area contributed by atoms with Crippen LogP contribution in [0.15, 0.2) is 66.3 Å². The first-order valence-electron chi connectivity index (χ1n) is 8.16. The number of hydrogen-bond donors (Lipinski definition) is 0. The lowest BCUT2D eigenvalue weighted by molar-refractivity contribution is 0.809. The molecule has 1 atom stereocenters. The highest BCUT2D eigenvalue weighted by atomic mass is 14.3. The van der Waals surface area contributed by atoms with Gasteiger partial charge in [-0.15, -0.1) is 6.58 Å². The molecule has 0 amide bonds. The van der Waals surface area contributed by atoms with Crippen LogP contribution in [0.5, 0.6) is 0 Å². The van der Waals surface area contributed by atoms with Crippen molar-refractivity contribution in [2.75, 3.05) is 0 Å². The molecule has 0 heterocycles. The monoisotopic (exact) mass is 276 g/mol. The lowest BCUT2D eigenvalue weighted by atomic mass is 9.87. The van der Waals surface area contributed by atoms with Gasteiger partial charge in [-0.3, -0.25) is 0 Å². The van der Waals surface area contributed by atoms with E-state index in [2.05, 4.69) is 62.1 Å². The van der Waals surface area contributed by atoms with Gasteiger partial charge in [0.25, 0.3) is 0 Å². The van der Waals surface area contributed by atoms with Crippen LogP contribution >= 0.6 is 0 Å². The van der Waals surface area contributed by atoms with E-state index in [-0.39, 0.29) is 0 Å². The number of hydrogen-bond acceptors (Lipinski definition) is 0. The van der Waals surface area contributed by atoms with Crippen LogP contribution in [0.25, 0.3) is 5.57 Å². The molecule has 1 aromatic rings. The summed E-state index contributed by atoms with van der Waals surface area (Å²) in [7, 11) is 0. The molecule has 1 aromatic carbocycles. The Bertz CT molecular complexity index is 625. The van der Waals surface area contributed by atoms with E-state index in [0.29, 0.717) is 5.92 Å². The molecule has 0 heteroatoms. The molecular weight excluding hydrogens is 252 g/mol. The molecule has 0 bridgehead atoms. The lowest BCUT2D eigenvalue weighted by Gasteiger charge is -2.17. The zero-order chi connectivity index (χ0) is 14.7. The van der Waals surface area contributed by atoms with Gasteiger partial charge in [0.2, 0.25) is 0 Å². The molecule has 0 nitrogen and oxygen atoms in total. The average molecular weight is 276 g/mol. The van der Waals surface area contributed by atoms with Gasteiger partial charge in [0.05, 0.1) is 0 Å². The number of rotatable bonds is 6. The number of benzene rings is 1. The van der Waals surface area contributed by atoms with Crippen molar-refractivity contribution >= 4 is 5.57 Å². The molecule has 0 radical (unpaired) electrons. The number of fused-ring (bicyclic) bond motifs is 1. The summed E-state index contributed by atoms with van der Waals surface area (Å²) in [6.45, 7) is 6.26. The number of unbranched alkanes of at least 4 members (excludes halogenated alkanes) is 1. The normalized spacial score (nSPS) is 19.9. The predicted octanol–water partition coefficient (Wildman–Crippen LogP) is 6.19. The molecular formula is C21H24. The maximum absolute atomic E-state index is 3.99. The molecule has 3 rings (SSSR count). The highest BCUT2D eigenvalue weighted by Crippen LogP contribution is 2.49. The molecule has 0 saturated heterocycles. The van der Waals surface area contributed by atoms with Crippen molar-refractivity contribution in [1.29, 1.82) is 0 Å². The Morgan fingerprint density at radius 1 is 1.29 bits per heavy atom. The van der Waals surface area contributed by atoms with E-state index < -0.39 is 0 Å². The van der Waals surface area contributed by atoms with E-state index >= 15 is 0 Å². The van der Waals surface area contributed by atoms with Crippen molar-refractivity contribution in [3.8, 4) is 0 Å². The van der Waals surface area contributed by atoms with E-state index in [9.17, 15) is 0 Å². The summed E-state index contributed by atoms with van der Waals surface area (Å²) in [5, 5.41) is 0. The predicted molar refractivity (Wildman–Crippen MR) is 92.3 cm³/mol. The van der Waals surface area contributed by atoms with Crippen LogP contribution in [0.1, 0.15) is 56.1 Å². The average Bonchev–Trinajstić information content (AvgIpc) is 3.12. The lowest BCUT2D eigenvalue weighted by Crippen LogP contribution is -2.00. The summed E-state index contributed by atoms with van der Waals surface area (Å²) in [6.07, 6.45) is 14.7. The van der Waals surface area contributed by atoms with E-state index in [1.54, 1.807) is 11.1 Å². The van der Waals surface area contributed by atoms with Crippen LogP contribution in [0, 0.1) is 0 Å². The Hall–Kier alpha value is -1.82. The Morgan fingerprint density at radius 2 is 2.14 bits per heavy atom. The van der Waals surface area contributed by atoms with Crippen LogP contribution in [0.4, 0.5) is 0 Å². The van der Waals surface area contributed by atoms with E-state index in [1.807, 2.05) is 0 Å². The first kappa shape index (κ1) is 14.1. The smallest absolute Gasteiger partial charge is 0.0135 e. The fraction of sp³-hybridized carbons (Fsp3) is 0.333. The Kier molecular flexibility index (Phi) is 4.24. The van der Waals surface area contributed by atoms with Crippen molar-refractivity contribution in [1.82, 2.24) is 0 Å². The summed E-state index contributed by atoms with van der Waals surface area (Å²) in [6, 6.07) is 8.98. The van der Waals surface area contributed by atoms with Gasteiger partial charge in [-0.05, 0) is 53.5 Å². The zero-order valence-corrected chi connectivity index (χ0v) is 12.9. The third-order valence-corrected chi connectivity index (χ3v) is 4.63. The topological polar surface area (TPSA) is 0 Å². The van der Waals surface area contributed by atoms with Crippen LogP contribution in [-0.2, 0) is 0 Å². The molecule has 21 heavy (non-hydrogen) atoms. The first-order chi connectivity index (χ1) is 10.4. The summed E-state index contributed by atoms with van der Waals surface area (Å²) >= 11 is 0. The second kappa shape index (κ2) is 6.30. The van der Waals surface area contributed by atoms with Gasteiger partial charge in [-0.25, -0.2) is 0 Å². The molecule has 0 aromatic heterocycles.